The summed E-state index contributed by atoms with van der Waals surface area (Å²) in [6, 6.07) is 5.46. The van der Waals surface area contributed by atoms with Crippen LogP contribution in [0.4, 0.5) is 4.39 Å². The van der Waals surface area contributed by atoms with E-state index in [9.17, 15) is 4.39 Å². The Labute approximate surface area is 130 Å². The Morgan fingerprint density at radius 3 is 2.90 bits per heavy atom. The molecule has 0 radical (unpaired) electrons. The number of benzene rings is 1. The van der Waals surface area contributed by atoms with Crippen molar-refractivity contribution in [2.24, 2.45) is 0 Å². The Morgan fingerprint density at radius 1 is 1.45 bits per heavy atom. The van der Waals surface area contributed by atoms with Crippen LogP contribution in [0.15, 0.2) is 22.7 Å². The molecule has 1 fully saturated rings. The summed E-state index contributed by atoms with van der Waals surface area (Å²) in [5.41, 5.74) is 2.11. The maximum absolute atomic E-state index is 13.2. The van der Waals surface area contributed by atoms with E-state index < -0.39 is 0 Å². The average Bonchev–Trinajstić information content (AvgIpc) is 3.16. The second kappa shape index (κ2) is 5.92. The number of thiazole rings is 1. The zero-order valence-electron chi connectivity index (χ0n) is 11.2. The summed E-state index contributed by atoms with van der Waals surface area (Å²) in [5, 5.41) is 4.49. The van der Waals surface area contributed by atoms with Crippen LogP contribution >= 0.6 is 27.3 Å². The number of rotatable bonds is 5. The first kappa shape index (κ1) is 14.2. The monoisotopic (exact) mass is 354 g/mol. The molecule has 5 heteroatoms. The van der Waals surface area contributed by atoms with Crippen molar-refractivity contribution in [1.82, 2.24) is 10.3 Å². The van der Waals surface area contributed by atoms with E-state index in [-0.39, 0.29) is 5.82 Å². The third-order valence-corrected chi connectivity index (χ3v) is 5.19. The number of halogens is 2. The first-order valence-corrected chi connectivity index (χ1v) is 8.45. The van der Waals surface area contributed by atoms with Gasteiger partial charge in [0.05, 0.1) is 5.69 Å². The van der Waals surface area contributed by atoms with Crippen molar-refractivity contribution >= 4 is 27.3 Å². The van der Waals surface area contributed by atoms with Gasteiger partial charge in [0.1, 0.15) is 10.8 Å². The number of aromatic nitrogens is 1. The van der Waals surface area contributed by atoms with Gasteiger partial charge in [-0.05, 0) is 53.4 Å². The molecule has 1 aliphatic rings. The highest BCUT2D eigenvalue weighted by Gasteiger charge is 2.21. The van der Waals surface area contributed by atoms with E-state index in [2.05, 4.69) is 28.2 Å². The van der Waals surface area contributed by atoms with Crippen molar-refractivity contribution < 1.29 is 4.39 Å². The lowest BCUT2D eigenvalue weighted by Gasteiger charge is -2.01. The zero-order valence-corrected chi connectivity index (χ0v) is 13.7. The molecule has 0 atom stereocenters. The summed E-state index contributed by atoms with van der Waals surface area (Å²) in [5.74, 6) is -0.233. The van der Waals surface area contributed by atoms with E-state index in [1.54, 1.807) is 17.4 Å². The fourth-order valence-electron chi connectivity index (χ4n) is 2.10. The van der Waals surface area contributed by atoms with Crippen molar-refractivity contribution in [3.8, 4) is 10.6 Å². The van der Waals surface area contributed by atoms with Gasteiger partial charge < -0.3 is 5.32 Å². The molecule has 0 bridgehead atoms. The van der Waals surface area contributed by atoms with E-state index in [1.807, 2.05) is 0 Å². The molecule has 1 aromatic carbocycles. The molecule has 0 saturated heterocycles. The smallest absolute Gasteiger partial charge is 0.125 e. The van der Waals surface area contributed by atoms with Crippen molar-refractivity contribution in [2.75, 3.05) is 0 Å². The highest BCUT2D eigenvalue weighted by atomic mass is 79.9. The van der Waals surface area contributed by atoms with Gasteiger partial charge in [0.15, 0.2) is 0 Å². The van der Waals surface area contributed by atoms with Crippen LogP contribution in [0.3, 0.4) is 0 Å². The summed E-state index contributed by atoms with van der Waals surface area (Å²) >= 11 is 5.12. The van der Waals surface area contributed by atoms with Crippen molar-refractivity contribution in [2.45, 2.75) is 38.8 Å². The van der Waals surface area contributed by atoms with Crippen LogP contribution in [-0.2, 0) is 13.0 Å². The predicted octanol–water partition coefficient (Wildman–Crippen LogP) is 4.53. The highest BCUT2D eigenvalue weighted by Crippen LogP contribution is 2.34. The van der Waals surface area contributed by atoms with Gasteiger partial charge >= 0.3 is 0 Å². The van der Waals surface area contributed by atoms with E-state index in [4.69, 9.17) is 4.98 Å². The summed E-state index contributed by atoms with van der Waals surface area (Å²) in [4.78, 5) is 6.01. The van der Waals surface area contributed by atoms with Gasteiger partial charge in [0.25, 0.3) is 0 Å². The van der Waals surface area contributed by atoms with Gasteiger partial charge in [-0.25, -0.2) is 9.37 Å². The fraction of sp³-hybridized carbons (Fsp3) is 0.400. The molecular weight excluding hydrogens is 339 g/mol. The second-order valence-corrected chi connectivity index (χ2v) is 6.96. The maximum Gasteiger partial charge on any atom is 0.125 e. The number of hydrogen-bond acceptors (Lipinski definition) is 3. The minimum atomic E-state index is -0.233. The molecule has 1 heterocycles. The van der Waals surface area contributed by atoms with Crippen LogP contribution < -0.4 is 5.32 Å². The summed E-state index contributed by atoms with van der Waals surface area (Å²) < 4.78 is 13.9. The molecule has 2 nitrogen and oxygen atoms in total. The van der Waals surface area contributed by atoms with Crippen molar-refractivity contribution in [3.05, 3.63) is 39.1 Å². The lowest BCUT2D eigenvalue weighted by Crippen LogP contribution is -2.15. The van der Waals surface area contributed by atoms with E-state index in [1.165, 1.54) is 29.9 Å². The van der Waals surface area contributed by atoms with Crippen LogP contribution in [0.5, 0.6) is 0 Å². The molecule has 2 aromatic rings. The van der Waals surface area contributed by atoms with Gasteiger partial charge in [-0.3, -0.25) is 0 Å². The molecule has 1 saturated carbocycles. The SMILES string of the molecule is CCc1nc(-c2ccc(F)cc2Br)sc1CNC1CC1. The van der Waals surface area contributed by atoms with E-state index >= 15 is 0 Å². The molecule has 0 spiro atoms. The van der Waals surface area contributed by atoms with Gasteiger partial charge in [-0.2, -0.15) is 0 Å². The number of aryl methyl sites for hydroxylation is 1. The van der Waals surface area contributed by atoms with Gasteiger partial charge in [-0.15, -0.1) is 11.3 Å². The van der Waals surface area contributed by atoms with Gasteiger partial charge in [0, 0.05) is 27.5 Å². The number of nitrogens with zero attached hydrogens (tertiary/aromatic N) is 1. The Balaban J connectivity index is 1.88. The number of nitrogens with one attached hydrogen (secondary N) is 1. The Kier molecular flexibility index (Phi) is 4.19. The first-order valence-electron chi connectivity index (χ1n) is 6.84. The molecule has 0 amide bonds. The van der Waals surface area contributed by atoms with Crippen LogP contribution in [-0.4, -0.2) is 11.0 Å². The number of hydrogen-bond donors (Lipinski definition) is 1. The Bertz CT molecular complexity index is 622. The summed E-state index contributed by atoms with van der Waals surface area (Å²) in [6.07, 6.45) is 3.50. The molecular formula is C15H16BrFN2S. The van der Waals surface area contributed by atoms with Crippen molar-refractivity contribution in [3.63, 3.8) is 0 Å². The molecule has 20 heavy (non-hydrogen) atoms. The van der Waals surface area contributed by atoms with Crippen LogP contribution in [0.25, 0.3) is 10.6 Å². The fourth-order valence-corrected chi connectivity index (χ4v) is 3.91. The lowest BCUT2D eigenvalue weighted by atomic mass is 10.2. The quantitative estimate of drug-likeness (QED) is 0.853. The normalized spacial score (nSPS) is 14.8. The van der Waals surface area contributed by atoms with Crippen LogP contribution in [0.2, 0.25) is 0 Å². The maximum atomic E-state index is 13.2. The molecule has 1 N–H and O–H groups in total. The predicted molar refractivity (Wildman–Crippen MR) is 84.4 cm³/mol. The molecule has 0 aliphatic heterocycles. The Morgan fingerprint density at radius 2 is 2.25 bits per heavy atom. The zero-order chi connectivity index (χ0) is 14.1. The molecule has 1 aromatic heterocycles. The molecule has 0 unspecified atom stereocenters. The second-order valence-electron chi connectivity index (χ2n) is 5.02. The van der Waals surface area contributed by atoms with Crippen LogP contribution in [0.1, 0.15) is 30.3 Å². The largest absolute Gasteiger partial charge is 0.309 e. The third kappa shape index (κ3) is 3.10. The average molecular weight is 355 g/mol. The van der Waals surface area contributed by atoms with E-state index in [0.717, 1.165) is 33.7 Å². The van der Waals surface area contributed by atoms with Gasteiger partial charge in [-0.1, -0.05) is 6.92 Å². The topological polar surface area (TPSA) is 24.9 Å². The highest BCUT2D eigenvalue weighted by molar-refractivity contribution is 9.10. The third-order valence-electron chi connectivity index (χ3n) is 3.40. The van der Waals surface area contributed by atoms with Crippen LogP contribution in [0, 0.1) is 5.82 Å². The molecule has 3 rings (SSSR count). The minimum absolute atomic E-state index is 0.233. The Hall–Kier alpha value is -0.780. The minimum Gasteiger partial charge on any atom is -0.309 e. The lowest BCUT2D eigenvalue weighted by molar-refractivity contribution is 0.627. The standard InChI is InChI=1S/C15H16BrFN2S/c1-2-13-14(8-18-10-4-5-10)20-15(19-13)11-6-3-9(17)7-12(11)16/h3,6-7,10,18H,2,4-5,8H2,1H3. The van der Waals surface area contributed by atoms with Gasteiger partial charge in [0.2, 0.25) is 0 Å². The van der Waals surface area contributed by atoms with Crippen molar-refractivity contribution in [1.29, 1.82) is 0 Å². The van der Waals surface area contributed by atoms with E-state index in [0.29, 0.717) is 6.04 Å². The summed E-state index contributed by atoms with van der Waals surface area (Å²) in [7, 11) is 0. The molecule has 106 valence electrons. The first-order chi connectivity index (χ1) is 9.67. The summed E-state index contributed by atoms with van der Waals surface area (Å²) in [6.45, 7) is 3.02. The molecule has 1 aliphatic carbocycles.